The quantitative estimate of drug-likeness (QED) is 0.255. The fourth-order valence-electron chi connectivity index (χ4n) is 0.584. The molecule has 0 aliphatic carbocycles. The number of hydrogen-bond donors (Lipinski definition) is 3. The molecule has 0 unspecified atom stereocenters. The number of thiazole rings is 1. The van der Waals surface area contributed by atoms with Crippen LogP contribution in [0.15, 0.2) is 12.3 Å². The summed E-state index contributed by atoms with van der Waals surface area (Å²) in [5, 5.41) is 0.475. The molecule has 0 fully saturated rings. The summed E-state index contributed by atoms with van der Waals surface area (Å²) in [7, 11) is 0. The molecular formula is C6H8N4OS. The fraction of sp³-hybridized carbons (Fsp3) is 0. The van der Waals surface area contributed by atoms with Gasteiger partial charge in [-0.15, -0.1) is 0 Å². The monoisotopic (exact) mass is 184 g/mol. The summed E-state index contributed by atoms with van der Waals surface area (Å²) >= 11 is 1.30. The molecule has 0 saturated carbocycles. The molecule has 64 valence electrons. The van der Waals surface area contributed by atoms with Crippen LogP contribution in [-0.2, 0) is 4.79 Å². The van der Waals surface area contributed by atoms with E-state index in [0.717, 1.165) is 4.88 Å². The minimum atomic E-state index is -0.359. The number of hydrogen-bond acceptors (Lipinski definition) is 5. The minimum Gasteiger partial charge on any atom is -0.375 e. The van der Waals surface area contributed by atoms with Gasteiger partial charge in [-0.3, -0.25) is 10.2 Å². The van der Waals surface area contributed by atoms with E-state index in [9.17, 15) is 4.79 Å². The number of aromatic nitrogens is 1. The van der Waals surface area contributed by atoms with E-state index in [1.54, 1.807) is 12.3 Å². The van der Waals surface area contributed by atoms with Gasteiger partial charge < -0.3 is 5.73 Å². The van der Waals surface area contributed by atoms with Gasteiger partial charge in [0.1, 0.15) is 0 Å². The molecule has 0 atom stereocenters. The second kappa shape index (κ2) is 3.84. The molecule has 1 amide bonds. The minimum absolute atomic E-state index is 0.359. The molecule has 0 spiro atoms. The van der Waals surface area contributed by atoms with E-state index < -0.39 is 0 Å². The predicted octanol–water partition coefficient (Wildman–Crippen LogP) is -0.272. The first-order valence-corrected chi connectivity index (χ1v) is 3.94. The fourth-order valence-corrected chi connectivity index (χ4v) is 1.17. The highest BCUT2D eigenvalue weighted by Crippen LogP contribution is 2.15. The van der Waals surface area contributed by atoms with Crippen molar-refractivity contribution in [3.63, 3.8) is 0 Å². The van der Waals surface area contributed by atoms with Crippen LogP contribution in [-0.4, -0.2) is 10.9 Å². The lowest BCUT2D eigenvalue weighted by Gasteiger charge is -1.87. The van der Waals surface area contributed by atoms with Gasteiger partial charge in [-0.2, -0.15) is 0 Å². The van der Waals surface area contributed by atoms with Gasteiger partial charge in [-0.05, 0) is 6.08 Å². The van der Waals surface area contributed by atoms with Crippen molar-refractivity contribution in [2.45, 2.75) is 0 Å². The van der Waals surface area contributed by atoms with E-state index in [1.165, 1.54) is 17.4 Å². The molecule has 5 N–H and O–H groups in total. The van der Waals surface area contributed by atoms with Crippen molar-refractivity contribution < 1.29 is 4.79 Å². The molecule has 0 bridgehead atoms. The van der Waals surface area contributed by atoms with Crippen LogP contribution in [0.2, 0.25) is 0 Å². The molecular weight excluding hydrogens is 176 g/mol. The van der Waals surface area contributed by atoms with Gasteiger partial charge >= 0.3 is 0 Å². The first-order valence-electron chi connectivity index (χ1n) is 3.12. The number of carbonyl (C=O) groups excluding carboxylic acids is 1. The normalized spacial score (nSPS) is 10.4. The van der Waals surface area contributed by atoms with Crippen LogP contribution in [0.1, 0.15) is 4.88 Å². The zero-order chi connectivity index (χ0) is 8.97. The van der Waals surface area contributed by atoms with E-state index in [-0.39, 0.29) is 5.91 Å². The third-order valence-electron chi connectivity index (χ3n) is 1.08. The van der Waals surface area contributed by atoms with Crippen LogP contribution in [0.5, 0.6) is 0 Å². The summed E-state index contributed by atoms with van der Waals surface area (Å²) in [5.41, 5.74) is 7.34. The number of carbonyl (C=O) groups is 1. The van der Waals surface area contributed by atoms with Crippen molar-refractivity contribution in [2.24, 2.45) is 5.84 Å². The van der Waals surface area contributed by atoms with Crippen molar-refractivity contribution in [3.05, 3.63) is 17.2 Å². The second-order valence-electron chi connectivity index (χ2n) is 1.94. The van der Waals surface area contributed by atoms with E-state index in [4.69, 9.17) is 11.6 Å². The Kier molecular flexibility index (Phi) is 2.78. The van der Waals surface area contributed by atoms with E-state index >= 15 is 0 Å². The number of nitrogens with one attached hydrogen (secondary N) is 1. The Bertz CT molecular complexity index is 306. The smallest absolute Gasteiger partial charge is 0.257 e. The average Bonchev–Trinajstić information content (AvgIpc) is 2.47. The number of amides is 1. The lowest BCUT2D eigenvalue weighted by Crippen LogP contribution is -2.27. The van der Waals surface area contributed by atoms with Gasteiger partial charge in [-0.25, -0.2) is 10.8 Å². The zero-order valence-electron chi connectivity index (χ0n) is 6.15. The van der Waals surface area contributed by atoms with Crippen LogP contribution in [0.4, 0.5) is 5.13 Å². The zero-order valence-corrected chi connectivity index (χ0v) is 6.97. The van der Waals surface area contributed by atoms with Crippen LogP contribution in [0.3, 0.4) is 0 Å². The number of rotatable bonds is 2. The molecule has 12 heavy (non-hydrogen) atoms. The Balaban J connectivity index is 2.63. The Morgan fingerprint density at radius 3 is 3.00 bits per heavy atom. The lowest BCUT2D eigenvalue weighted by atomic mass is 10.4. The SMILES string of the molecule is NNC(=O)/C=C/c1cnc(N)s1. The largest absolute Gasteiger partial charge is 0.375 e. The van der Waals surface area contributed by atoms with Crippen molar-refractivity contribution in [1.29, 1.82) is 0 Å². The first-order chi connectivity index (χ1) is 5.72. The summed E-state index contributed by atoms with van der Waals surface area (Å²) in [6, 6.07) is 0. The highest BCUT2D eigenvalue weighted by atomic mass is 32.1. The van der Waals surface area contributed by atoms with Crippen molar-refractivity contribution in [1.82, 2.24) is 10.4 Å². The third-order valence-corrected chi connectivity index (χ3v) is 1.87. The number of anilines is 1. The molecule has 0 aliphatic heterocycles. The third kappa shape index (κ3) is 2.33. The van der Waals surface area contributed by atoms with Crippen LogP contribution in [0.25, 0.3) is 6.08 Å². The van der Waals surface area contributed by atoms with E-state index in [1.807, 2.05) is 5.43 Å². The van der Waals surface area contributed by atoms with Gasteiger partial charge in [0, 0.05) is 17.2 Å². The van der Waals surface area contributed by atoms with E-state index in [0.29, 0.717) is 5.13 Å². The number of hydrazine groups is 1. The molecule has 0 aliphatic rings. The molecule has 0 aromatic carbocycles. The Morgan fingerprint density at radius 1 is 1.75 bits per heavy atom. The predicted molar refractivity (Wildman–Crippen MR) is 47.9 cm³/mol. The van der Waals surface area contributed by atoms with Crippen molar-refractivity contribution >= 4 is 28.5 Å². The highest BCUT2D eigenvalue weighted by molar-refractivity contribution is 7.16. The van der Waals surface area contributed by atoms with Gasteiger partial charge in [0.15, 0.2) is 5.13 Å². The van der Waals surface area contributed by atoms with Gasteiger partial charge in [0.2, 0.25) is 0 Å². The average molecular weight is 184 g/mol. The van der Waals surface area contributed by atoms with Gasteiger partial charge in [-0.1, -0.05) is 11.3 Å². The van der Waals surface area contributed by atoms with Gasteiger partial charge in [0.25, 0.3) is 5.91 Å². The summed E-state index contributed by atoms with van der Waals surface area (Å²) in [5.74, 6) is 4.49. The number of nitrogens with two attached hydrogens (primary N) is 2. The van der Waals surface area contributed by atoms with Crippen molar-refractivity contribution in [2.75, 3.05) is 5.73 Å². The number of nitrogens with zero attached hydrogens (tertiary/aromatic N) is 1. The summed E-state index contributed by atoms with van der Waals surface area (Å²) < 4.78 is 0. The Labute approximate surface area is 73.1 Å². The molecule has 0 radical (unpaired) electrons. The molecule has 1 heterocycles. The Morgan fingerprint density at radius 2 is 2.50 bits per heavy atom. The second-order valence-corrected chi connectivity index (χ2v) is 3.04. The highest BCUT2D eigenvalue weighted by Gasteiger charge is 1.94. The molecule has 1 aromatic rings. The van der Waals surface area contributed by atoms with Gasteiger partial charge in [0.05, 0.1) is 0 Å². The van der Waals surface area contributed by atoms with Crippen LogP contribution >= 0.6 is 11.3 Å². The molecule has 5 nitrogen and oxygen atoms in total. The van der Waals surface area contributed by atoms with E-state index in [2.05, 4.69) is 4.98 Å². The lowest BCUT2D eigenvalue weighted by molar-refractivity contribution is -0.116. The maximum absolute atomic E-state index is 10.6. The van der Waals surface area contributed by atoms with Crippen molar-refractivity contribution in [3.8, 4) is 0 Å². The maximum Gasteiger partial charge on any atom is 0.257 e. The standard InChI is InChI=1S/C6H8N4OS/c7-6-9-3-4(12-6)1-2-5(11)10-8/h1-3H,8H2,(H2,7,9)(H,10,11)/b2-1+. The maximum atomic E-state index is 10.6. The topological polar surface area (TPSA) is 94.0 Å². The summed E-state index contributed by atoms with van der Waals surface area (Å²) in [6.07, 6.45) is 4.49. The number of nitrogen functional groups attached to an aromatic ring is 1. The molecule has 1 rings (SSSR count). The Hall–Kier alpha value is -1.40. The summed E-state index contributed by atoms with van der Waals surface area (Å²) in [4.78, 5) is 15.2. The molecule has 6 heteroatoms. The van der Waals surface area contributed by atoms with Crippen LogP contribution in [0, 0.1) is 0 Å². The molecule has 1 aromatic heterocycles. The molecule has 0 saturated heterocycles. The summed E-state index contributed by atoms with van der Waals surface area (Å²) in [6.45, 7) is 0. The first kappa shape index (κ1) is 8.69. The van der Waals surface area contributed by atoms with Crippen LogP contribution < -0.4 is 17.0 Å².